The first-order chi connectivity index (χ1) is 20.2. The monoisotopic (exact) mass is 546 g/mol. The molecule has 5 aromatic rings. The molecule has 212 valence electrons. The van der Waals surface area contributed by atoms with Crippen molar-refractivity contribution in [3.8, 4) is 0 Å². The van der Waals surface area contributed by atoms with Crippen molar-refractivity contribution < 1.29 is 9.55 Å². The lowest BCUT2D eigenvalue weighted by atomic mass is 10.1. The molecule has 0 fully saturated rings. The summed E-state index contributed by atoms with van der Waals surface area (Å²) in [6, 6.07) is 32.6. The molecule has 41 heavy (non-hydrogen) atoms. The van der Waals surface area contributed by atoms with Gasteiger partial charge in [0.05, 0.1) is 22.1 Å². The number of aryl methyl sites for hydroxylation is 2. The van der Waals surface area contributed by atoms with E-state index in [2.05, 4.69) is 125 Å². The van der Waals surface area contributed by atoms with Crippen LogP contribution in [0.25, 0.3) is 21.8 Å². The van der Waals surface area contributed by atoms with Gasteiger partial charge in [-0.05, 0) is 25.0 Å². The molecule has 0 bridgehead atoms. The molecule has 2 heterocycles. The number of anilines is 2. The average molecular weight is 547 g/mol. The number of para-hydroxylation sites is 2. The number of hydrogen-bond donors (Lipinski definition) is 2. The Morgan fingerprint density at radius 1 is 0.585 bits per heavy atom. The number of H-pyrrole nitrogens is 1. The second-order valence-corrected chi connectivity index (χ2v) is 11.4. The Balaban J connectivity index is 0.978. The van der Waals surface area contributed by atoms with Gasteiger partial charge in [0.1, 0.15) is 0 Å². The van der Waals surface area contributed by atoms with Gasteiger partial charge < -0.3 is 10.6 Å². The Bertz CT molecular complexity index is 1540. The number of rotatable bonds is 15. The van der Waals surface area contributed by atoms with Crippen molar-refractivity contribution in [3.05, 3.63) is 108 Å². The van der Waals surface area contributed by atoms with Gasteiger partial charge in [-0.25, -0.2) is 4.98 Å². The van der Waals surface area contributed by atoms with E-state index in [1.807, 2.05) is 0 Å². The molecule has 0 aliphatic heterocycles. The number of aromatic nitrogens is 2. The first kappa shape index (κ1) is 28.6. The highest BCUT2D eigenvalue weighted by molar-refractivity contribution is 5.89. The van der Waals surface area contributed by atoms with E-state index in [-0.39, 0.29) is 0 Å². The number of pyridine rings is 2. The predicted molar refractivity (Wildman–Crippen MR) is 174 cm³/mol. The molecule has 0 aliphatic carbocycles. The van der Waals surface area contributed by atoms with E-state index in [9.17, 15) is 0 Å². The van der Waals surface area contributed by atoms with Gasteiger partial charge in [0.15, 0.2) is 17.9 Å². The predicted octanol–water partition coefficient (Wildman–Crippen LogP) is 8.40. The fourth-order valence-corrected chi connectivity index (χ4v) is 5.89. The summed E-state index contributed by atoms with van der Waals surface area (Å²) < 4.78 is 2.43. The molecule has 5 rings (SSSR count). The molecule has 4 heteroatoms. The molecular formula is C37H46N4+2. The number of hydrogen-bond acceptors (Lipinski definition) is 2. The molecule has 0 atom stereocenters. The lowest BCUT2D eigenvalue weighted by molar-refractivity contribution is -0.668. The number of nitrogens with zero attached hydrogens (tertiary/aromatic N) is 1. The fraction of sp³-hybridized carbons (Fsp3) is 0.351. The summed E-state index contributed by atoms with van der Waals surface area (Å²) in [4.78, 5) is 3.45. The van der Waals surface area contributed by atoms with Crippen LogP contribution in [0.15, 0.2) is 91.0 Å². The van der Waals surface area contributed by atoms with Gasteiger partial charge in [0, 0.05) is 56.8 Å². The van der Waals surface area contributed by atoms with Crippen LogP contribution < -0.4 is 20.2 Å². The number of nitrogens with one attached hydrogen (secondary N) is 3. The molecule has 0 spiro atoms. The second-order valence-electron chi connectivity index (χ2n) is 11.4. The van der Waals surface area contributed by atoms with E-state index in [0.717, 1.165) is 19.6 Å². The maximum Gasteiger partial charge on any atom is 0.215 e. The van der Waals surface area contributed by atoms with Crippen LogP contribution in [0, 0.1) is 13.8 Å². The summed E-state index contributed by atoms with van der Waals surface area (Å²) in [5, 5.41) is 9.99. The second kappa shape index (κ2) is 14.6. The lowest BCUT2D eigenvalue weighted by Gasteiger charge is -2.12. The molecule has 0 radical (unpaired) electrons. The third-order valence-electron chi connectivity index (χ3n) is 8.09. The number of unbranched alkanes of at least 4 members (excludes halogenated alkanes) is 7. The van der Waals surface area contributed by atoms with Crippen LogP contribution in [0.5, 0.6) is 0 Å². The lowest BCUT2D eigenvalue weighted by Crippen LogP contribution is -2.38. The van der Waals surface area contributed by atoms with Crippen LogP contribution in [0.3, 0.4) is 0 Å². The van der Waals surface area contributed by atoms with Crippen LogP contribution in [-0.4, -0.2) is 13.1 Å². The summed E-state index contributed by atoms with van der Waals surface area (Å²) in [5.41, 5.74) is 8.81. The Morgan fingerprint density at radius 2 is 1.15 bits per heavy atom. The third-order valence-corrected chi connectivity index (χ3v) is 8.09. The van der Waals surface area contributed by atoms with Gasteiger partial charge in [-0.2, -0.15) is 4.57 Å². The molecule has 0 unspecified atom stereocenters. The van der Waals surface area contributed by atoms with Crippen molar-refractivity contribution in [3.63, 3.8) is 0 Å². The van der Waals surface area contributed by atoms with Crippen LogP contribution >= 0.6 is 0 Å². The highest BCUT2D eigenvalue weighted by Gasteiger charge is 2.17. The first-order valence-electron chi connectivity index (χ1n) is 15.5. The number of aromatic amines is 1. The minimum atomic E-state index is 0.896. The fourth-order valence-electron chi connectivity index (χ4n) is 5.89. The van der Waals surface area contributed by atoms with Crippen molar-refractivity contribution in [2.24, 2.45) is 0 Å². The molecular weight excluding hydrogens is 500 g/mol. The van der Waals surface area contributed by atoms with E-state index < -0.39 is 0 Å². The average Bonchev–Trinajstić information content (AvgIpc) is 2.99. The Morgan fingerprint density at radius 3 is 1.85 bits per heavy atom. The van der Waals surface area contributed by atoms with Crippen LogP contribution in [-0.2, 0) is 6.54 Å². The minimum absolute atomic E-state index is 0.896. The molecule has 0 amide bonds. The Kier molecular flexibility index (Phi) is 10.2. The van der Waals surface area contributed by atoms with Gasteiger partial charge in [0.25, 0.3) is 0 Å². The Labute approximate surface area is 245 Å². The summed E-state index contributed by atoms with van der Waals surface area (Å²) in [6.45, 7) is 7.31. The minimum Gasteiger partial charge on any atom is -0.384 e. The SMILES string of the molecule is Cc1cc(NCCCCCCCCCCNc2cc(C)[n+](Cc3ccccc3)c3ccccc23)c2ccccc2[nH+]1. The molecule has 0 aliphatic rings. The zero-order chi connectivity index (χ0) is 28.3. The first-order valence-corrected chi connectivity index (χ1v) is 15.5. The van der Waals surface area contributed by atoms with Crippen molar-refractivity contribution in [2.45, 2.75) is 71.8 Å². The highest BCUT2D eigenvalue weighted by Crippen LogP contribution is 2.23. The van der Waals surface area contributed by atoms with Gasteiger partial charge >= 0.3 is 0 Å². The van der Waals surface area contributed by atoms with Crippen molar-refractivity contribution in [2.75, 3.05) is 23.7 Å². The summed E-state index contributed by atoms with van der Waals surface area (Å²) in [5.74, 6) is 0. The van der Waals surface area contributed by atoms with Gasteiger partial charge in [-0.1, -0.05) is 93.1 Å². The van der Waals surface area contributed by atoms with Crippen molar-refractivity contribution in [1.29, 1.82) is 0 Å². The molecule has 3 N–H and O–H groups in total. The molecule has 3 aromatic carbocycles. The van der Waals surface area contributed by atoms with E-state index in [4.69, 9.17) is 0 Å². The molecule has 0 saturated heterocycles. The summed E-state index contributed by atoms with van der Waals surface area (Å²) in [6.07, 6.45) is 10.4. The van der Waals surface area contributed by atoms with E-state index in [1.165, 1.54) is 101 Å². The zero-order valence-corrected chi connectivity index (χ0v) is 24.9. The smallest absolute Gasteiger partial charge is 0.215 e. The quantitative estimate of drug-likeness (QED) is 0.102. The molecule has 2 aromatic heterocycles. The normalized spacial score (nSPS) is 11.3. The number of benzene rings is 3. The van der Waals surface area contributed by atoms with Gasteiger partial charge in [0.2, 0.25) is 11.0 Å². The van der Waals surface area contributed by atoms with Crippen molar-refractivity contribution >= 4 is 33.2 Å². The van der Waals surface area contributed by atoms with Crippen molar-refractivity contribution in [1.82, 2.24) is 0 Å². The summed E-state index contributed by atoms with van der Waals surface area (Å²) >= 11 is 0. The summed E-state index contributed by atoms with van der Waals surface area (Å²) in [7, 11) is 0. The number of fused-ring (bicyclic) bond motifs is 2. The molecule has 4 nitrogen and oxygen atoms in total. The highest BCUT2D eigenvalue weighted by atomic mass is 15.0. The van der Waals surface area contributed by atoms with E-state index >= 15 is 0 Å². The zero-order valence-electron chi connectivity index (χ0n) is 24.9. The largest absolute Gasteiger partial charge is 0.384 e. The maximum atomic E-state index is 3.75. The van der Waals surface area contributed by atoms with Crippen LogP contribution in [0.1, 0.15) is 68.3 Å². The van der Waals surface area contributed by atoms with Crippen LogP contribution in [0.4, 0.5) is 11.4 Å². The Hall–Kier alpha value is -3.92. The maximum absolute atomic E-state index is 3.75. The van der Waals surface area contributed by atoms with Gasteiger partial charge in [-0.15, -0.1) is 0 Å². The topological polar surface area (TPSA) is 42.1 Å². The third kappa shape index (κ3) is 7.85. The standard InChI is InChI=1S/C37H44N4/c1-29-26-35(32-20-12-14-22-34(32)40-29)38-24-16-7-5-3-4-6-8-17-25-39-36-27-30(2)41(28-31-18-10-9-11-19-31)37-23-15-13-21-33(36)37/h9-15,18-23,26-27H,3-8,16-17,24-25,28H2,1-2H3,(H,38,40)/p+2. The van der Waals surface area contributed by atoms with Crippen LogP contribution in [0.2, 0.25) is 0 Å². The van der Waals surface area contributed by atoms with E-state index in [1.54, 1.807) is 0 Å². The van der Waals surface area contributed by atoms with Gasteiger partial charge in [-0.3, -0.25) is 0 Å². The molecule has 0 saturated carbocycles. The van der Waals surface area contributed by atoms with E-state index in [0.29, 0.717) is 0 Å².